The summed E-state index contributed by atoms with van der Waals surface area (Å²) in [4.78, 5) is 4.56. The van der Waals surface area contributed by atoms with Crippen molar-refractivity contribution in [3.8, 4) is 6.07 Å². The molecule has 0 N–H and O–H groups in total. The minimum atomic E-state index is -0.435. The van der Waals surface area contributed by atoms with E-state index in [4.69, 9.17) is 0 Å². The van der Waals surface area contributed by atoms with Crippen LogP contribution in [0.2, 0.25) is 0 Å². The fourth-order valence-corrected chi connectivity index (χ4v) is 2.62. The first-order valence-electron chi connectivity index (χ1n) is 7.13. The summed E-state index contributed by atoms with van der Waals surface area (Å²) >= 11 is 0. The number of rotatable bonds is 4. The molecule has 1 aliphatic heterocycles. The maximum Gasteiger partial charge on any atom is 0.123 e. The van der Waals surface area contributed by atoms with Crippen molar-refractivity contribution in [3.05, 3.63) is 35.6 Å². The van der Waals surface area contributed by atoms with Gasteiger partial charge in [0.15, 0.2) is 0 Å². The van der Waals surface area contributed by atoms with Gasteiger partial charge in [-0.15, -0.1) is 0 Å². The fourth-order valence-electron chi connectivity index (χ4n) is 2.62. The fraction of sp³-hybridized carbons (Fsp3) is 0.562. The molecular formula is C16H22FN3. The van der Waals surface area contributed by atoms with Crippen molar-refractivity contribution in [1.82, 2.24) is 9.80 Å². The van der Waals surface area contributed by atoms with E-state index in [2.05, 4.69) is 22.9 Å². The SMILES string of the molecule is CN1CCN(C(C)(C#N)CCc2ccc(F)cc2)CC1. The first-order valence-corrected chi connectivity index (χ1v) is 7.13. The predicted octanol–water partition coefficient (Wildman–Crippen LogP) is 2.29. The van der Waals surface area contributed by atoms with Crippen molar-refractivity contribution in [2.45, 2.75) is 25.3 Å². The third kappa shape index (κ3) is 3.56. The lowest BCUT2D eigenvalue weighted by atomic mass is 9.92. The van der Waals surface area contributed by atoms with Crippen LogP contribution in [0.15, 0.2) is 24.3 Å². The third-order valence-electron chi connectivity index (χ3n) is 4.26. The van der Waals surface area contributed by atoms with E-state index < -0.39 is 5.54 Å². The Kier molecular flexibility index (Phi) is 4.74. The van der Waals surface area contributed by atoms with E-state index in [9.17, 15) is 9.65 Å². The Bertz CT molecular complexity index is 471. The molecule has 1 aromatic carbocycles. The van der Waals surface area contributed by atoms with Gasteiger partial charge in [0.2, 0.25) is 0 Å². The molecule has 1 saturated heterocycles. The Morgan fingerprint density at radius 3 is 2.35 bits per heavy atom. The number of nitrogens with zero attached hydrogens (tertiary/aromatic N) is 3. The molecule has 1 heterocycles. The molecule has 0 aromatic heterocycles. The lowest BCUT2D eigenvalue weighted by molar-refractivity contribution is 0.0786. The highest BCUT2D eigenvalue weighted by Gasteiger charge is 2.33. The minimum absolute atomic E-state index is 0.212. The smallest absolute Gasteiger partial charge is 0.123 e. The molecule has 20 heavy (non-hydrogen) atoms. The molecule has 1 unspecified atom stereocenters. The average Bonchev–Trinajstić information content (AvgIpc) is 2.47. The van der Waals surface area contributed by atoms with Gasteiger partial charge in [-0.1, -0.05) is 12.1 Å². The van der Waals surface area contributed by atoms with Crippen LogP contribution >= 0.6 is 0 Å². The number of hydrogen-bond donors (Lipinski definition) is 0. The summed E-state index contributed by atoms with van der Waals surface area (Å²) in [6, 6.07) is 9.05. The van der Waals surface area contributed by atoms with E-state index in [1.807, 2.05) is 6.92 Å². The van der Waals surface area contributed by atoms with Crippen LogP contribution in [-0.2, 0) is 6.42 Å². The van der Waals surface area contributed by atoms with Crippen molar-refractivity contribution in [3.63, 3.8) is 0 Å². The maximum atomic E-state index is 12.9. The first-order chi connectivity index (χ1) is 9.53. The molecule has 2 rings (SSSR count). The monoisotopic (exact) mass is 275 g/mol. The van der Waals surface area contributed by atoms with Crippen LogP contribution in [0.25, 0.3) is 0 Å². The highest BCUT2D eigenvalue weighted by molar-refractivity contribution is 5.18. The van der Waals surface area contributed by atoms with Crippen molar-refractivity contribution in [2.24, 2.45) is 0 Å². The molecule has 0 spiro atoms. The molecular weight excluding hydrogens is 253 g/mol. The van der Waals surface area contributed by atoms with Crippen LogP contribution in [0.1, 0.15) is 18.9 Å². The molecule has 0 radical (unpaired) electrons. The molecule has 1 aliphatic rings. The quantitative estimate of drug-likeness (QED) is 0.844. The third-order valence-corrected chi connectivity index (χ3v) is 4.26. The van der Waals surface area contributed by atoms with Gasteiger partial charge in [-0.25, -0.2) is 4.39 Å². The molecule has 1 aromatic rings. The van der Waals surface area contributed by atoms with Crippen LogP contribution in [0.4, 0.5) is 4.39 Å². The standard InChI is InChI=1S/C16H22FN3/c1-16(13-18,20-11-9-19(2)10-12-20)8-7-14-3-5-15(17)6-4-14/h3-6H,7-12H2,1-2H3. The largest absolute Gasteiger partial charge is 0.304 e. The lowest BCUT2D eigenvalue weighted by Gasteiger charge is -2.41. The van der Waals surface area contributed by atoms with Crippen LogP contribution in [0.3, 0.4) is 0 Å². The normalized spacial score (nSPS) is 20.3. The zero-order valence-corrected chi connectivity index (χ0v) is 12.3. The summed E-state index contributed by atoms with van der Waals surface area (Å²) in [5, 5.41) is 9.56. The molecule has 1 atom stereocenters. The molecule has 0 bridgehead atoms. The highest BCUT2D eigenvalue weighted by Crippen LogP contribution is 2.23. The molecule has 0 saturated carbocycles. The number of piperazine rings is 1. The van der Waals surface area contributed by atoms with Crippen LogP contribution in [-0.4, -0.2) is 48.6 Å². The highest BCUT2D eigenvalue weighted by atomic mass is 19.1. The van der Waals surface area contributed by atoms with Gasteiger partial charge in [-0.3, -0.25) is 4.90 Å². The minimum Gasteiger partial charge on any atom is -0.304 e. The molecule has 4 heteroatoms. The van der Waals surface area contributed by atoms with Gasteiger partial charge in [0.1, 0.15) is 11.4 Å². The van der Waals surface area contributed by atoms with E-state index in [0.717, 1.165) is 44.6 Å². The van der Waals surface area contributed by atoms with Gasteiger partial charge >= 0.3 is 0 Å². The average molecular weight is 275 g/mol. The molecule has 3 nitrogen and oxygen atoms in total. The number of nitriles is 1. The second-order valence-electron chi connectivity index (χ2n) is 5.80. The Labute approximate surface area is 120 Å². The van der Waals surface area contributed by atoms with Gasteiger partial charge in [0.25, 0.3) is 0 Å². The summed E-state index contributed by atoms with van der Waals surface area (Å²) in [7, 11) is 2.11. The molecule has 0 aliphatic carbocycles. The van der Waals surface area contributed by atoms with Crippen molar-refractivity contribution in [2.75, 3.05) is 33.2 Å². The van der Waals surface area contributed by atoms with Crippen LogP contribution in [0, 0.1) is 17.1 Å². The molecule has 0 amide bonds. The summed E-state index contributed by atoms with van der Waals surface area (Å²) in [5.41, 5.74) is 0.650. The van der Waals surface area contributed by atoms with Gasteiger partial charge in [0.05, 0.1) is 6.07 Å². The summed E-state index contributed by atoms with van der Waals surface area (Å²) < 4.78 is 12.9. The number of aryl methyl sites for hydroxylation is 1. The van der Waals surface area contributed by atoms with Crippen LogP contribution in [0.5, 0.6) is 0 Å². The second kappa shape index (κ2) is 6.34. The summed E-state index contributed by atoms with van der Waals surface area (Å²) in [5.74, 6) is -0.212. The van der Waals surface area contributed by atoms with Gasteiger partial charge < -0.3 is 4.90 Å². The Balaban J connectivity index is 1.97. The lowest BCUT2D eigenvalue weighted by Crippen LogP contribution is -2.54. The van der Waals surface area contributed by atoms with Gasteiger partial charge in [-0.2, -0.15) is 5.26 Å². The molecule has 1 fully saturated rings. The first kappa shape index (κ1) is 15.0. The number of likely N-dealkylation sites (N-methyl/N-ethyl adjacent to an activating group) is 1. The number of hydrogen-bond acceptors (Lipinski definition) is 3. The number of benzene rings is 1. The van der Waals surface area contributed by atoms with Crippen molar-refractivity contribution >= 4 is 0 Å². The van der Waals surface area contributed by atoms with E-state index in [-0.39, 0.29) is 5.82 Å². The van der Waals surface area contributed by atoms with E-state index in [0.29, 0.717) is 0 Å². The van der Waals surface area contributed by atoms with Gasteiger partial charge in [-0.05, 0) is 44.5 Å². The van der Waals surface area contributed by atoms with Crippen molar-refractivity contribution < 1.29 is 4.39 Å². The number of halogens is 1. The Hall–Kier alpha value is -1.44. The summed E-state index contributed by atoms with van der Waals surface area (Å²) in [6.45, 7) is 5.90. The van der Waals surface area contributed by atoms with Crippen LogP contribution < -0.4 is 0 Å². The van der Waals surface area contributed by atoms with Crippen molar-refractivity contribution in [1.29, 1.82) is 5.26 Å². The van der Waals surface area contributed by atoms with Gasteiger partial charge in [0, 0.05) is 26.2 Å². The zero-order chi connectivity index (χ0) is 14.6. The predicted molar refractivity (Wildman–Crippen MR) is 77.8 cm³/mol. The summed E-state index contributed by atoms with van der Waals surface area (Å²) in [6.07, 6.45) is 1.58. The Morgan fingerprint density at radius 2 is 1.80 bits per heavy atom. The Morgan fingerprint density at radius 1 is 1.20 bits per heavy atom. The van der Waals surface area contributed by atoms with E-state index in [1.54, 1.807) is 12.1 Å². The second-order valence-corrected chi connectivity index (χ2v) is 5.80. The topological polar surface area (TPSA) is 30.3 Å². The molecule has 108 valence electrons. The zero-order valence-electron chi connectivity index (χ0n) is 12.3. The van der Waals surface area contributed by atoms with E-state index in [1.165, 1.54) is 12.1 Å². The maximum absolute atomic E-state index is 12.9. The van der Waals surface area contributed by atoms with E-state index >= 15 is 0 Å².